The second-order valence-corrected chi connectivity index (χ2v) is 7.73. The number of hydrogen-bond acceptors (Lipinski definition) is 3. The Bertz CT molecular complexity index is 766. The molecule has 1 aromatic rings. The molecule has 3 fully saturated rings. The highest BCUT2D eigenvalue weighted by atomic mass is 16.2. The summed E-state index contributed by atoms with van der Waals surface area (Å²) >= 11 is 0. The number of hydrogen-bond donors (Lipinski definition) is 1. The third-order valence-corrected chi connectivity index (χ3v) is 6.50. The van der Waals surface area contributed by atoms with Crippen LogP contribution in [0.15, 0.2) is 42.5 Å². The van der Waals surface area contributed by atoms with Gasteiger partial charge in [0, 0.05) is 5.69 Å². The van der Waals surface area contributed by atoms with Gasteiger partial charge in [-0.15, -0.1) is 0 Å². The number of nitrogens with zero attached hydrogens (tertiary/aromatic N) is 1. The zero-order chi connectivity index (χ0) is 17.3. The minimum Gasteiger partial charge on any atom is -0.324 e. The van der Waals surface area contributed by atoms with Crippen molar-refractivity contribution in [2.24, 2.45) is 35.5 Å². The Labute approximate surface area is 146 Å². The van der Waals surface area contributed by atoms with Gasteiger partial charge in [-0.1, -0.05) is 30.4 Å². The Balaban J connectivity index is 1.39. The number of carbonyl (C=O) groups is 3. The predicted octanol–water partition coefficient (Wildman–Crippen LogP) is 2.07. The molecule has 5 nitrogen and oxygen atoms in total. The van der Waals surface area contributed by atoms with Crippen molar-refractivity contribution >= 4 is 23.4 Å². The van der Waals surface area contributed by atoms with Gasteiger partial charge in [0.15, 0.2) is 0 Å². The van der Waals surface area contributed by atoms with Gasteiger partial charge >= 0.3 is 0 Å². The van der Waals surface area contributed by atoms with Crippen molar-refractivity contribution in [1.29, 1.82) is 0 Å². The fraction of sp³-hybridized carbons (Fsp3) is 0.450. The van der Waals surface area contributed by atoms with Crippen LogP contribution in [0.5, 0.6) is 0 Å². The second-order valence-electron chi connectivity index (χ2n) is 7.73. The van der Waals surface area contributed by atoms with Crippen molar-refractivity contribution in [2.45, 2.75) is 19.4 Å². The fourth-order valence-electron chi connectivity index (χ4n) is 5.25. The Morgan fingerprint density at radius 3 is 2.16 bits per heavy atom. The lowest BCUT2D eigenvalue weighted by Crippen LogP contribution is -2.46. The van der Waals surface area contributed by atoms with Crippen LogP contribution >= 0.6 is 0 Å². The van der Waals surface area contributed by atoms with E-state index in [4.69, 9.17) is 0 Å². The SMILES string of the molecule is C[C@H](C(=O)Nc1ccccc1)N1C(=O)[C@@H]2[C@H]3C=C[C@@H]([C@@H]4C[C@H]34)[C@@H]2C1=O. The number of nitrogens with one attached hydrogen (secondary N) is 1. The first kappa shape index (κ1) is 14.9. The summed E-state index contributed by atoms with van der Waals surface area (Å²) in [7, 11) is 0. The number of benzene rings is 1. The average molecular weight is 336 g/mol. The van der Waals surface area contributed by atoms with Crippen LogP contribution in [0, 0.1) is 35.5 Å². The van der Waals surface area contributed by atoms with Gasteiger partial charge in [0.2, 0.25) is 17.7 Å². The molecule has 4 aliphatic carbocycles. The smallest absolute Gasteiger partial charge is 0.247 e. The van der Waals surface area contributed by atoms with E-state index in [1.807, 2.05) is 18.2 Å². The highest BCUT2D eigenvalue weighted by Gasteiger charge is 2.67. The molecule has 128 valence electrons. The zero-order valence-corrected chi connectivity index (χ0v) is 14.0. The number of likely N-dealkylation sites (tertiary alicyclic amines) is 1. The fourth-order valence-corrected chi connectivity index (χ4v) is 5.25. The van der Waals surface area contributed by atoms with Gasteiger partial charge < -0.3 is 5.32 Å². The lowest BCUT2D eigenvalue weighted by molar-refractivity contribution is -0.146. The standard InChI is InChI=1S/C20H20N2O3/c1-10(18(23)21-11-5-3-2-4-6-11)22-19(24)16-12-7-8-13(15-9-14(12)15)17(16)20(22)25/h2-8,10,12-17H,9H2,1H3,(H,21,23)/t10-,12+,13+,14-,15+,16-,17+/m1/s1. The molecule has 0 radical (unpaired) electrons. The first-order valence-corrected chi connectivity index (χ1v) is 8.99. The van der Waals surface area contributed by atoms with E-state index in [0.29, 0.717) is 17.5 Å². The van der Waals surface area contributed by atoms with Crippen molar-refractivity contribution in [2.75, 3.05) is 5.32 Å². The van der Waals surface area contributed by atoms with Crippen LogP contribution in [0.2, 0.25) is 0 Å². The number of imide groups is 1. The lowest BCUT2D eigenvalue weighted by Gasteiger charge is -2.37. The third-order valence-electron chi connectivity index (χ3n) is 6.50. The summed E-state index contributed by atoms with van der Waals surface area (Å²) in [5.74, 6) is 0.374. The molecule has 1 saturated heterocycles. The minimum atomic E-state index is -0.790. The van der Waals surface area contributed by atoms with Crippen molar-refractivity contribution in [1.82, 2.24) is 4.90 Å². The van der Waals surface area contributed by atoms with Gasteiger partial charge in [-0.05, 0) is 49.1 Å². The normalized spacial score (nSPS) is 38.4. The van der Waals surface area contributed by atoms with Crippen LogP contribution in [0.4, 0.5) is 5.69 Å². The Hall–Kier alpha value is -2.43. The van der Waals surface area contributed by atoms with Gasteiger partial charge in [0.05, 0.1) is 11.8 Å². The molecule has 1 aromatic carbocycles. The summed E-state index contributed by atoms with van der Waals surface area (Å²) in [6.45, 7) is 1.64. The van der Waals surface area contributed by atoms with Crippen LogP contribution in [-0.4, -0.2) is 28.7 Å². The maximum absolute atomic E-state index is 13.0. The average Bonchev–Trinajstić information content (AvgIpc) is 3.40. The quantitative estimate of drug-likeness (QED) is 0.679. The number of carbonyl (C=O) groups excluding carboxylic acids is 3. The van der Waals surface area contributed by atoms with Gasteiger partial charge in [-0.2, -0.15) is 0 Å². The summed E-state index contributed by atoms with van der Waals surface area (Å²) in [4.78, 5) is 39.8. The van der Waals surface area contributed by atoms with Gasteiger partial charge in [-0.25, -0.2) is 0 Å². The molecule has 3 amide bonds. The molecule has 6 rings (SSSR count). The van der Waals surface area contributed by atoms with E-state index in [1.165, 1.54) is 4.90 Å². The molecule has 1 aliphatic heterocycles. The van der Waals surface area contributed by atoms with Crippen LogP contribution in [-0.2, 0) is 14.4 Å². The lowest BCUT2D eigenvalue weighted by atomic mass is 9.63. The maximum atomic E-state index is 13.0. The number of rotatable bonds is 3. The zero-order valence-electron chi connectivity index (χ0n) is 14.0. The van der Waals surface area contributed by atoms with E-state index in [9.17, 15) is 14.4 Å². The van der Waals surface area contributed by atoms with Crippen molar-refractivity contribution in [3.8, 4) is 0 Å². The molecule has 5 aliphatic rings. The largest absolute Gasteiger partial charge is 0.324 e. The van der Waals surface area contributed by atoms with E-state index >= 15 is 0 Å². The third kappa shape index (κ3) is 1.98. The Morgan fingerprint density at radius 2 is 1.60 bits per heavy atom. The Kier molecular flexibility index (Phi) is 3.00. The second kappa shape index (κ2) is 5.04. The van der Waals surface area contributed by atoms with Gasteiger partial charge in [0.25, 0.3) is 0 Å². The first-order chi connectivity index (χ1) is 12.1. The number of para-hydroxylation sites is 1. The number of allylic oxidation sites excluding steroid dienone is 2. The van der Waals surface area contributed by atoms with E-state index in [0.717, 1.165) is 6.42 Å². The Morgan fingerprint density at radius 1 is 1.04 bits per heavy atom. The topological polar surface area (TPSA) is 66.5 Å². The molecular weight excluding hydrogens is 316 g/mol. The van der Waals surface area contributed by atoms with Crippen LogP contribution in [0.3, 0.4) is 0 Å². The highest BCUT2D eigenvalue weighted by molar-refractivity contribution is 6.10. The molecule has 25 heavy (non-hydrogen) atoms. The molecule has 1 N–H and O–H groups in total. The summed E-state index contributed by atoms with van der Waals surface area (Å²) in [5, 5.41) is 2.80. The van der Waals surface area contributed by atoms with Crippen LogP contribution < -0.4 is 5.32 Å². The van der Waals surface area contributed by atoms with Crippen molar-refractivity contribution < 1.29 is 14.4 Å². The molecule has 5 heteroatoms. The van der Waals surface area contributed by atoms with E-state index in [2.05, 4.69) is 17.5 Å². The summed E-state index contributed by atoms with van der Waals surface area (Å²) in [6.07, 6.45) is 5.42. The summed E-state index contributed by atoms with van der Waals surface area (Å²) < 4.78 is 0. The van der Waals surface area contributed by atoms with Crippen molar-refractivity contribution in [3.63, 3.8) is 0 Å². The predicted molar refractivity (Wildman–Crippen MR) is 91.1 cm³/mol. The van der Waals surface area contributed by atoms with E-state index in [1.54, 1.807) is 19.1 Å². The van der Waals surface area contributed by atoms with E-state index < -0.39 is 6.04 Å². The van der Waals surface area contributed by atoms with Crippen LogP contribution in [0.25, 0.3) is 0 Å². The number of amides is 3. The molecular formula is C20H20N2O3. The minimum absolute atomic E-state index is 0.157. The molecule has 0 aromatic heterocycles. The molecule has 7 atom stereocenters. The van der Waals surface area contributed by atoms with Crippen molar-refractivity contribution in [3.05, 3.63) is 42.5 Å². The van der Waals surface area contributed by atoms with E-state index in [-0.39, 0.29) is 41.4 Å². The monoisotopic (exact) mass is 336 g/mol. The molecule has 2 bridgehead atoms. The van der Waals surface area contributed by atoms with Gasteiger partial charge in [0.1, 0.15) is 6.04 Å². The maximum Gasteiger partial charge on any atom is 0.247 e. The molecule has 1 heterocycles. The first-order valence-electron chi connectivity index (χ1n) is 8.99. The molecule has 2 saturated carbocycles. The van der Waals surface area contributed by atoms with Gasteiger partial charge in [-0.3, -0.25) is 19.3 Å². The highest BCUT2D eigenvalue weighted by Crippen LogP contribution is 2.65. The van der Waals surface area contributed by atoms with Crippen LogP contribution in [0.1, 0.15) is 13.3 Å². The summed E-state index contributed by atoms with van der Waals surface area (Å²) in [5.41, 5.74) is 0.666. The molecule has 0 unspecified atom stereocenters. The number of anilines is 1. The molecule has 0 spiro atoms. The summed E-state index contributed by atoms with van der Waals surface area (Å²) in [6, 6.07) is 8.31.